The molecular formula is C10H15NOS. The van der Waals surface area contributed by atoms with E-state index >= 15 is 0 Å². The van der Waals surface area contributed by atoms with Gasteiger partial charge in [-0.1, -0.05) is 33.0 Å². The Labute approximate surface area is 83.7 Å². The van der Waals surface area contributed by atoms with Gasteiger partial charge in [0.2, 0.25) is 5.43 Å². The maximum atomic E-state index is 11.3. The predicted molar refractivity (Wildman–Crippen MR) is 58.8 cm³/mol. The quantitative estimate of drug-likeness (QED) is 0.738. The lowest BCUT2D eigenvalue weighted by Gasteiger charge is -2.25. The lowest BCUT2D eigenvalue weighted by atomic mass is 9.83. The van der Waals surface area contributed by atoms with Crippen molar-refractivity contribution in [2.24, 2.45) is 0 Å². The smallest absolute Gasteiger partial charge is 0.220 e. The molecule has 1 aromatic rings. The van der Waals surface area contributed by atoms with Gasteiger partial charge in [0.1, 0.15) is 0 Å². The second-order valence-corrected chi connectivity index (χ2v) is 4.60. The Balaban J connectivity index is 3.17. The van der Waals surface area contributed by atoms with Crippen LogP contribution in [0.4, 0.5) is 5.69 Å². The number of rotatable bonds is 2. The van der Waals surface area contributed by atoms with Gasteiger partial charge in [0.25, 0.3) is 0 Å². The van der Waals surface area contributed by atoms with Gasteiger partial charge in [-0.25, -0.2) is 0 Å². The highest BCUT2D eigenvalue weighted by atomic mass is 32.1. The SMILES string of the molecule is CCNc1c(C(C)(C)C)c(=S)c1=O. The Morgan fingerprint density at radius 1 is 1.38 bits per heavy atom. The number of anilines is 1. The molecule has 0 aliphatic rings. The third-order valence-corrected chi connectivity index (χ3v) is 2.40. The van der Waals surface area contributed by atoms with Crippen LogP contribution in [0.2, 0.25) is 0 Å². The van der Waals surface area contributed by atoms with Gasteiger partial charge in [-0.05, 0) is 12.3 Å². The van der Waals surface area contributed by atoms with Crippen molar-refractivity contribution >= 4 is 17.9 Å². The van der Waals surface area contributed by atoms with Crippen molar-refractivity contribution in [3.8, 4) is 0 Å². The van der Waals surface area contributed by atoms with E-state index in [1.807, 2.05) is 6.92 Å². The van der Waals surface area contributed by atoms with Crippen LogP contribution in [0, 0.1) is 4.51 Å². The van der Waals surface area contributed by atoms with Gasteiger partial charge in [0.15, 0.2) is 0 Å². The Morgan fingerprint density at radius 3 is 2.31 bits per heavy atom. The average Bonchev–Trinajstić information content (AvgIpc) is 2.01. The molecule has 0 saturated heterocycles. The Hall–Kier alpha value is -0.700. The summed E-state index contributed by atoms with van der Waals surface area (Å²) in [4.78, 5) is 11.3. The minimum Gasteiger partial charge on any atom is -0.382 e. The highest BCUT2D eigenvalue weighted by Gasteiger charge is 2.27. The third-order valence-electron chi connectivity index (χ3n) is 2.01. The summed E-state index contributed by atoms with van der Waals surface area (Å²) in [6, 6.07) is 0. The van der Waals surface area contributed by atoms with Crippen LogP contribution in [0.3, 0.4) is 0 Å². The maximum absolute atomic E-state index is 11.3. The summed E-state index contributed by atoms with van der Waals surface area (Å²) >= 11 is 5.02. The van der Waals surface area contributed by atoms with Crippen LogP contribution in [-0.4, -0.2) is 6.54 Å². The van der Waals surface area contributed by atoms with Crippen LogP contribution in [-0.2, 0) is 5.41 Å². The van der Waals surface area contributed by atoms with Gasteiger partial charge in [-0.3, -0.25) is 4.79 Å². The van der Waals surface area contributed by atoms with Gasteiger partial charge < -0.3 is 5.32 Å². The Kier molecular flexibility index (Phi) is 2.57. The molecule has 0 aromatic heterocycles. The van der Waals surface area contributed by atoms with Crippen LogP contribution >= 0.6 is 12.2 Å². The summed E-state index contributed by atoms with van der Waals surface area (Å²) in [6.07, 6.45) is 0. The number of hydrogen-bond donors (Lipinski definition) is 1. The summed E-state index contributed by atoms with van der Waals surface area (Å²) in [6.45, 7) is 8.94. The monoisotopic (exact) mass is 197 g/mol. The summed E-state index contributed by atoms with van der Waals surface area (Å²) in [5.74, 6) is 0. The molecular weight excluding hydrogens is 182 g/mol. The maximum Gasteiger partial charge on any atom is 0.220 e. The molecule has 13 heavy (non-hydrogen) atoms. The van der Waals surface area contributed by atoms with Crippen LogP contribution in [0.5, 0.6) is 0 Å². The topological polar surface area (TPSA) is 29.1 Å². The molecule has 0 unspecified atom stereocenters. The number of hydrogen-bond acceptors (Lipinski definition) is 3. The van der Waals surface area contributed by atoms with E-state index < -0.39 is 0 Å². The minimum atomic E-state index is -0.0253. The second kappa shape index (κ2) is 3.22. The lowest BCUT2D eigenvalue weighted by Crippen LogP contribution is -2.28. The zero-order chi connectivity index (χ0) is 10.2. The highest BCUT2D eigenvalue weighted by Crippen LogP contribution is 2.30. The van der Waals surface area contributed by atoms with Crippen molar-refractivity contribution in [1.82, 2.24) is 0 Å². The first-order valence-electron chi connectivity index (χ1n) is 4.47. The Bertz CT molecular complexity index is 380. The van der Waals surface area contributed by atoms with Crippen molar-refractivity contribution in [2.75, 3.05) is 11.9 Å². The van der Waals surface area contributed by atoms with Crippen molar-refractivity contribution in [3.05, 3.63) is 20.3 Å². The molecule has 72 valence electrons. The van der Waals surface area contributed by atoms with E-state index in [0.29, 0.717) is 4.51 Å². The van der Waals surface area contributed by atoms with E-state index in [1.165, 1.54) is 0 Å². The molecule has 0 spiro atoms. The zero-order valence-electron chi connectivity index (χ0n) is 8.52. The molecule has 0 heterocycles. The molecule has 3 heteroatoms. The molecule has 1 rings (SSSR count). The van der Waals surface area contributed by atoms with Gasteiger partial charge in [0, 0.05) is 12.1 Å². The van der Waals surface area contributed by atoms with E-state index in [0.717, 1.165) is 17.8 Å². The van der Waals surface area contributed by atoms with E-state index in [4.69, 9.17) is 12.2 Å². The van der Waals surface area contributed by atoms with E-state index in [9.17, 15) is 4.79 Å². The van der Waals surface area contributed by atoms with Crippen LogP contribution in [0.25, 0.3) is 0 Å². The zero-order valence-corrected chi connectivity index (χ0v) is 9.34. The minimum absolute atomic E-state index is 0.00164. The third kappa shape index (κ3) is 1.66. The molecule has 0 saturated carbocycles. The lowest BCUT2D eigenvalue weighted by molar-refractivity contribution is 0.584. The van der Waals surface area contributed by atoms with E-state index in [1.54, 1.807) is 0 Å². The molecule has 0 bridgehead atoms. The first-order valence-corrected chi connectivity index (χ1v) is 4.88. The molecule has 2 nitrogen and oxygen atoms in total. The first kappa shape index (κ1) is 10.4. The standard InChI is InChI=1S/C10H15NOS/c1-5-11-7-6(10(2,3)4)9(13)8(7)12/h11H,5H2,1-4H3. The molecule has 0 amide bonds. The molecule has 0 radical (unpaired) electrons. The van der Waals surface area contributed by atoms with Crippen LogP contribution in [0.1, 0.15) is 33.3 Å². The highest BCUT2D eigenvalue weighted by molar-refractivity contribution is 7.71. The van der Waals surface area contributed by atoms with Crippen LogP contribution < -0.4 is 10.7 Å². The van der Waals surface area contributed by atoms with Crippen molar-refractivity contribution < 1.29 is 0 Å². The van der Waals surface area contributed by atoms with Crippen molar-refractivity contribution in [2.45, 2.75) is 33.1 Å². The fourth-order valence-electron chi connectivity index (χ4n) is 1.45. The molecule has 0 aliphatic carbocycles. The Morgan fingerprint density at radius 2 is 1.92 bits per heavy atom. The predicted octanol–water partition coefficient (Wildman–Crippen LogP) is 2.38. The van der Waals surface area contributed by atoms with Crippen LogP contribution in [0.15, 0.2) is 4.79 Å². The van der Waals surface area contributed by atoms with E-state index in [2.05, 4.69) is 26.1 Å². The number of nitrogens with one attached hydrogen (secondary N) is 1. The molecule has 0 fully saturated rings. The summed E-state index contributed by atoms with van der Waals surface area (Å²) in [5, 5.41) is 3.06. The van der Waals surface area contributed by atoms with Gasteiger partial charge in [0.05, 0.1) is 10.2 Å². The van der Waals surface area contributed by atoms with Crippen molar-refractivity contribution in [3.63, 3.8) is 0 Å². The summed E-state index contributed by atoms with van der Waals surface area (Å²) in [5.41, 5.74) is 1.71. The van der Waals surface area contributed by atoms with Crippen molar-refractivity contribution in [1.29, 1.82) is 0 Å². The molecule has 0 aliphatic heterocycles. The fraction of sp³-hybridized carbons (Fsp3) is 0.600. The molecule has 0 atom stereocenters. The van der Waals surface area contributed by atoms with Gasteiger partial charge in [-0.15, -0.1) is 0 Å². The van der Waals surface area contributed by atoms with E-state index in [-0.39, 0.29) is 10.8 Å². The normalized spacial score (nSPS) is 12.0. The second-order valence-electron chi connectivity index (χ2n) is 4.19. The van der Waals surface area contributed by atoms with Gasteiger partial charge >= 0.3 is 0 Å². The summed E-state index contributed by atoms with van der Waals surface area (Å²) in [7, 11) is 0. The summed E-state index contributed by atoms with van der Waals surface area (Å²) < 4.78 is 0.503. The average molecular weight is 197 g/mol. The largest absolute Gasteiger partial charge is 0.382 e. The fourth-order valence-corrected chi connectivity index (χ4v) is 1.96. The molecule has 1 N–H and O–H groups in total. The van der Waals surface area contributed by atoms with Gasteiger partial charge in [-0.2, -0.15) is 0 Å². The molecule has 1 aromatic carbocycles. The first-order chi connectivity index (χ1) is 5.89.